The summed E-state index contributed by atoms with van der Waals surface area (Å²) in [5.41, 5.74) is 7.19. The molecule has 0 fully saturated rings. The summed E-state index contributed by atoms with van der Waals surface area (Å²) in [4.78, 5) is 16.7. The number of nitrogens with two attached hydrogens (primary N) is 1. The maximum atomic E-state index is 12.5. The standard InChI is InChI=1S/C22H26N4O5S/c1-2-18(19(27)22-25-20(26-31-22)16-11-7-4-8-12-16)24-21(28)17(23)14-32(29,30)13-15-9-5-3-6-10-15/h3-12,17-19,27H,2,13-14,23H2,1H3,(H,24,28)/t17-,18?,19?/m0/s1. The van der Waals surface area contributed by atoms with Crippen molar-refractivity contribution < 1.29 is 22.8 Å². The minimum Gasteiger partial charge on any atom is -0.381 e. The molecule has 3 aromatic rings. The van der Waals surface area contributed by atoms with Crippen molar-refractivity contribution >= 4 is 15.7 Å². The monoisotopic (exact) mass is 458 g/mol. The molecule has 0 radical (unpaired) electrons. The number of rotatable bonds is 10. The van der Waals surface area contributed by atoms with Gasteiger partial charge < -0.3 is 20.7 Å². The smallest absolute Gasteiger partial charge is 0.257 e. The van der Waals surface area contributed by atoms with Crippen molar-refractivity contribution in [1.82, 2.24) is 15.5 Å². The molecule has 9 nitrogen and oxygen atoms in total. The quantitative estimate of drug-likeness (QED) is 0.415. The summed E-state index contributed by atoms with van der Waals surface area (Å²) in [5, 5.41) is 17.1. The molecule has 32 heavy (non-hydrogen) atoms. The lowest BCUT2D eigenvalue weighted by molar-refractivity contribution is -0.123. The molecule has 0 saturated carbocycles. The summed E-state index contributed by atoms with van der Waals surface area (Å²) >= 11 is 0. The highest BCUT2D eigenvalue weighted by Crippen LogP contribution is 2.21. The van der Waals surface area contributed by atoms with Gasteiger partial charge in [-0.3, -0.25) is 4.79 Å². The van der Waals surface area contributed by atoms with Crippen molar-refractivity contribution in [3.8, 4) is 11.4 Å². The van der Waals surface area contributed by atoms with Gasteiger partial charge in [0.05, 0.1) is 23.6 Å². The Morgan fingerprint density at radius 1 is 1.12 bits per heavy atom. The van der Waals surface area contributed by atoms with Crippen molar-refractivity contribution in [3.05, 3.63) is 72.1 Å². The molecular weight excluding hydrogens is 432 g/mol. The van der Waals surface area contributed by atoms with E-state index in [4.69, 9.17) is 10.3 Å². The lowest BCUT2D eigenvalue weighted by Crippen LogP contribution is -2.50. The number of nitrogens with zero attached hydrogens (tertiary/aromatic N) is 2. The zero-order chi connectivity index (χ0) is 23.1. The molecule has 4 N–H and O–H groups in total. The zero-order valence-corrected chi connectivity index (χ0v) is 18.4. The SMILES string of the molecule is CCC(NC(=O)[C@@H](N)CS(=O)(=O)Cc1ccccc1)C(O)c1nc(-c2ccccc2)no1. The minimum atomic E-state index is -3.61. The second-order valence-corrected chi connectivity index (χ2v) is 9.55. The van der Waals surface area contributed by atoms with Crippen LogP contribution >= 0.6 is 0 Å². The van der Waals surface area contributed by atoms with Crippen LogP contribution in [0.25, 0.3) is 11.4 Å². The van der Waals surface area contributed by atoms with Crippen LogP contribution in [-0.4, -0.2) is 47.4 Å². The van der Waals surface area contributed by atoms with Crippen molar-refractivity contribution in [1.29, 1.82) is 0 Å². The van der Waals surface area contributed by atoms with Gasteiger partial charge in [-0.25, -0.2) is 8.42 Å². The largest absolute Gasteiger partial charge is 0.381 e. The average Bonchev–Trinajstić information content (AvgIpc) is 3.28. The number of hydrogen-bond acceptors (Lipinski definition) is 8. The van der Waals surface area contributed by atoms with E-state index in [1.54, 1.807) is 49.4 Å². The van der Waals surface area contributed by atoms with E-state index in [1.165, 1.54) is 0 Å². The zero-order valence-electron chi connectivity index (χ0n) is 17.6. The molecular formula is C22H26N4O5S. The summed E-state index contributed by atoms with van der Waals surface area (Å²) in [7, 11) is -3.61. The molecule has 0 aliphatic heterocycles. The number of amides is 1. The normalized spacial score (nSPS) is 14.5. The van der Waals surface area contributed by atoms with Gasteiger partial charge in [-0.2, -0.15) is 4.98 Å². The molecule has 0 aliphatic carbocycles. The fraction of sp³-hybridized carbons (Fsp3) is 0.318. The van der Waals surface area contributed by atoms with Crippen molar-refractivity contribution in [3.63, 3.8) is 0 Å². The van der Waals surface area contributed by atoms with E-state index in [1.807, 2.05) is 18.2 Å². The summed E-state index contributed by atoms with van der Waals surface area (Å²) in [6.07, 6.45) is -0.943. The third-order valence-corrected chi connectivity index (χ3v) is 6.52. The number of carbonyl (C=O) groups excluding carboxylic acids is 1. The predicted molar refractivity (Wildman–Crippen MR) is 119 cm³/mol. The van der Waals surface area contributed by atoms with Crippen molar-refractivity contribution in [2.45, 2.75) is 37.3 Å². The molecule has 3 rings (SSSR count). The van der Waals surface area contributed by atoms with Crippen LogP contribution in [0.2, 0.25) is 0 Å². The first-order chi connectivity index (χ1) is 15.3. The first-order valence-electron chi connectivity index (χ1n) is 10.2. The Labute approximate surface area is 186 Å². The Kier molecular flexibility index (Phi) is 7.73. The van der Waals surface area contributed by atoms with Crippen LogP contribution in [0.5, 0.6) is 0 Å². The van der Waals surface area contributed by atoms with Crippen molar-refractivity contribution in [2.75, 3.05) is 5.75 Å². The third-order valence-electron chi connectivity index (χ3n) is 4.88. The summed E-state index contributed by atoms with van der Waals surface area (Å²) in [6, 6.07) is 15.7. The average molecular weight is 459 g/mol. The van der Waals surface area contributed by atoms with E-state index < -0.39 is 39.7 Å². The maximum Gasteiger partial charge on any atom is 0.257 e. The Hall–Kier alpha value is -3.08. The Morgan fingerprint density at radius 3 is 2.38 bits per heavy atom. The first kappa shape index (κ1) is 23.6. The van der Waals surface area contributed by atoms with Crippen LogP contribution in [-0.2, 0) is 20.4 Å². The molecule has 0 bridgehead atoms. The topological polar surface area (TPSA) is 148 Å². The lowest BCUT2D eigenvalue weighted by Gasteiger charge is -2.22. The van der Waals surface area contributed by atoms with E-state index in [-0.39, 0.29) is 11.6 Å². The summed E-state index contributed by atoms with van der Waals surface area (Å²) in [5.74, 6) is -1.15. The maximum absolute atomic E-state index is 12.5. The highest BCUT2D eigenvalue weighted by atomic mass is 32.2. The molecule has 1 heterocycles. The molecule has 1 amide bonds. The number of nitrogens with one attached hydrogen (secondary N) is 1. The van der Waals surface area contributed by atoms with Crippen LogP contribution in [0.3, 0.4) is 0 Å². The van der Waals surface area contributed by atoms with Gasteiger partial charge >= 0.3 is 0 Å². The van der Waals surface area contributed by atoms with Gasteiger partial charge in [0.25, 0.3) is 5.89 Å². The third kappa shape index (κ3) is 6.22. The molecule has 3 atom stereocenters. The number of aliphatic hydroxyl groups is 1. The number of benzene rings is 2. The Morgan fingerprint density at radius 2 is 1.75 bits per heavy atom. The molecule has 2 aromatic carbocycles. The second-order valence-electron chi connectivity index (χ2n) is 7.44. The molecule has 0 aliphatic rings. The van der Waals surface area contributed by atoms with Crippen LogP contribution < -0.4 is 11.1 Å². The summed E-state index contributed by atoms with van der Waals surface area (Å²) < 4.78 is 30.0. The summed E-state index contributed by atoms with van der Waals surface area (Å²) in [6.45, 7) is 1.75. The first-order valence-corrected chi connectivity index (χ1v) is 12.0. The molecule has 10 heteroatoms. The fourth-order valence-corrected chi connectivity index (χ4v) is 4.68. The Bertz CT molecular complexity index is 1120. The van der Waals surface area contributed by atoms with E-state index >= 15 is 0 Å². The molecule has 1 aromatic heterocycles. The number of aliphatic hydroxyl groups excluding tert-OH is 1. The van der Waals surface area contributed by atoms with Gasteiger partial charge in [-0.15, -0.1) is 0 Å². The van der Waals surface area contributed by atoms with Crippen molar-refractivity contribution in [2.24, 2.45) is 5.73 Å². The lowest BCUT2D eigenvalue weighted by atomic mass is 10.1. The predicted octanol–water partition coefficient (Wildman–Crippen LogP) is 1.61. The van der Waals surface area contributed by atoms with Gasteiger partial charge in [0.2, 0.25) is 11.7 Å². The van der Waals surface area contributed by atoms with E-state index in [2.05, 4.69) is 15.5 Å². The molecule has 0 spiro atoms. The van der Waals surface area contributed by atoms with Gasteiger partial charge in [-0.1, -0.05) is 72.7 Å². The molecule has 2 unspecified atom stereocenters. The highest BCUT2D eigenvalue weighted by molar-refractivity contribution is 7.90. The fourth-order valence-electron chi connectivity index (χ4n) is 3.16. The number of hydrogen-bond donors (Lipinski definition) is 3. The van der Waals surface area contributed by atoms with Crippen LogP contribution in [0.15, 0.2) is 65.2 Å². The second kappa shape index (κ2) is 10.5. The van der Waals surface area contributed by atoms with E-state index in [0.717, 1.165) is 5.56 Å². The van der Waals surface area contributed by atoms with E-state index in [9.17, 15) is 18.3 Å². The van der Waals surface area contributed by atoms with Crippen LogP contribution in [0.1, 0.15) is 30.9 Å². The van der Waals surface area contributed by atoms with Crippen LogP contribution in [0.4, 0.5) is 0 Å². The number of sulfone groups is 1. The van der Waals surface area contributed by atoms with Crippen LogP contribution in [0, 0.1) is 0 Å². The number of carbonyl (C=O) groups is 1. The van der Waals surface area contributed by atoms with Gasteiger partial charge in [0.1, 0.15) is 0 Å². The van der Waals surface area contributed by atoms with Gasteiger partial charge in [0, 0.05) is 5.56 Å². The molecule has 0 saturated heterocycles. The molecule has 170 valence electrons. The Balaban J connectivity index is 1.61. The van der Waals surface area contributed by atoms with E-state index in [0.29, 0.717) is 17.8 Å². The van der Waals surface area contributed by atoms with Gasteiger partial charge in [0.15, 0.2) is 15.9 Å². The highest BCUT2D eigenvalue weighted by Gasteiger charge is 2.30. The number of aromatic nitrogens is 2. The minimum absolute atomic E-state index is 0.0544. The van der Waals surface area contributed by atoms with Gasteiger partial charge in [-0.05, 0) is 12.0 Å².